The molecule has 0 atom stereocenters. The minimum Gasteiger partial charge on any atom is -0.494 e. The monoisotopic (exact) mass is 412 g/mol. The number of benzene rings is 2. The summed E-state index contributed by atoms with van der Waals surface area (Å²) in [6.45, 7) is 4.88. The summed E-state index contributed by atoms with van der Waals surface area (Å²) in [5.41, 5.74) is 12.3. The topological polar surface area (TPSA) is 142 Å². The summed E-state index contributed by atoms with van der Waals surface area (Å²) in [5, 5.41) is 21.5. The molecule has 2 rings (SSSR count). The molecule has 8 heteroatoms. The highest BCUT2D eigenvalue weighted by Gasteiger charge is 1.99. The summed E-state index contributed by atoms with van der Waals surface area (Å²) < 4.78 is 11.3. The Hall–Kier alpha value is -3.10. The lowest BCUT2D eigenvalue weighted by Gasteiger charge is -2.09. The predicted octanol–water partition coefficient (Wildman–Crippen LogP) is 1.67. The molecule has 8 N–H and O–H groups in total. The first-order valence-electron chi connectivity index (χ1n) is 10.1. The molecular weight excluding hydrogens is 380 g/mol. The number of nitrogen functional groups attached to an aromatic ring is 2. The molecule has 0 unspecified atom stereocenters. The van der Waals surface area contributed by atoms with Gasteiger partial charge in [0, 0.05) is 24.2 Å². The zero-order chi connectivity index (χ0) is 21.6. The lowest BCUT2D eigenvalue weighted by Crippen LogP contribution is -2.29. The lowest BCUT2D eigenvalue weighted by molar-refractivity contribution is 0.305. The zero-order valence-corrected chi connectivity index (χ0v) is 17.2. The van der Waals surface area contributed by atoms with E-state index in [0.717, 1.165) is 50.5 Å². The number of rotatable bonds is 15. The van der Waals surface area contributed by atoms with Crippen molar-refractivity contribution < 1.29 is 9.47 Å². The molecule has 0 aliphatic carbocycles. The van der Waals surface area contributed by atoms with Gasteiger partial charge in [-0.3, -0.25) is 10.8 Å². The van der Waals surface area contributed by atoms with E-state index in [4.69, 9.17) is 31.8 Å². The Morgan fingerprint density at radius 3 is 1.33 bits per heavy atom. The molecule has 0 aromatic heterocycles. The van der Waals surface area contributed by atoms with Gasteiger partial charge >= 0.3 is 0 Å². The quantitative estimate of drug-likeness (QED) is 0.149. The van der Waals surface area contributed by atoms with Crippen molar-refractivity contribution in [1.82, 2.24) is 10.6 Å². The molecule has 0 saturated carbocycles. The van der Waals surface area contributed by atoms with Crippen molar-refractivity contribution in [2.45, 2.75) is 12.8 Å². The Bertz CT molecular complexity index is 710. The Morgan fingerprint density at radius 2 is 1.00 bits per heavy atom. The predicted molar refractivity (Wildman–Crippen MR) is 121 cm³/mol. The number of amidine groups is 2. The zero-order valence-electron chi connectivity index (χ0n) is 17.2. The molecule has 0 bridgehead atoms. The molecule has 2 aromatic rings. The second-order valence-electron chi connectivity index (χ2n) is 6.78. The highest BCUT2D eigenvalue weighted by Crippen LogP contribution is 2.12. The second kappa shape index (κ2) is 13.2. The van der Waals surface area contributed by atoms with Gasteiger partial charge in [0.15, 0.2) is 0 Å². The van der Waals surface area contributed by atoms with Crippen LogP contribution in [0, 0.1) is 10.8 Å². The van der Waals surface area contributed by atoms with Gasteiger partial charge in [0.25, 0.3) is 0 Å². The van der Waals surface area contributed by atoms with Crippen LogP contribution in [0.1, 0.15) is 24.0 Å². The molecule has 8 nitrogen and oxygen atoms in total. The van der Waals surface area contributed by atoms with Gasteiger partial charge < -0.3 is 31.6 Å². The largest absolute Gasteiger partial charge is 0.494 e. The van der Waals surface area contributed by atoms with E-state index in [9.17, 15) is 0 Å². The number of nitrogens with one attached hydrogen (secondary N) is 4. The van der Waals surface area contributed by atoms with Gasteiger partial charge in [-0.15, -0.1) is 0 Å². The van der Waals surface area contributed by atoms with Crippen LogP contribution in [0.15, 0.2) is 48.5 Å². The first-order chi connectivity index (χ1) is 14.6. The van der Waals surface area contributed by atoms with Crippen LogP contribution < -0.4 is 31.6 Å². The van der Waals surface area contributed by atoms with E-state index in [1.807, 2.05) is 24.3 Å². The summed E-state index contributed by atoms with van der Waals surface area (Å²) in [5.74, 6) is 1.71. The van der Waals surface area contributed by atoms with Crippen molar-refractivity contribution in [3.05, 3.63) is 59.7 Å². The van der Waals surface area contributed by atoms with Crippen LogP contribution in [0.3, 0.4) is 0 Å². The van der Waals surface area contributed by atoms with Crippen LogP contribution in [-0.4, -0.2) is 51.1 Å². The third-order valence-corrected chi connectivity index (χ3v) is 4.34. The van der Waals surface area contributed by atoms with Crippen LogP contribution in [0.25, 0.3) is 0 Å². The van der Waals surface area contributed by atoms with E-state index in [1.54, 1.807) is 24.3 Å². The Balaban J connectivity index is 1.39. The Labute approximate surface area is 178 Å². The van der Waals surface area contributed by atoms with E-state index >= 15 is 0 Å². The third-order valence-electron chi connectivity index (χ3n) is 4.34. The van der Waals surface area contributed by atoms with E-state index in [0.29, 0.717) is 24.3 Å². The average molecular weight is 413 g/mol. The summed E-state index contributed by atoms with van der Waals surface area (Å²) >= 11 is 0. The third kappa shape index (κ3) is 8.93. The fraction of sp³-hybridized carbons (Fsp3) is 0.364. The lowest BCUT2D eigenvalue weighted by atomic mass is 10.2. The van der Waals surface area contributed by atoms with Gasteiger partial charge in [-0.25, -0.2) is 0 Å². The second-order valence-corrected chi connectivity index (χ2v) is 6.78. The van der Waals surface area contributed by atoms with Crippen molar-refractivity contribution in [1.29, 1.82) is 10.8 Å². The van der Waals surface area contributed by atoms with Crippen molar-refractivity contribution in [2.24, 2.45) is 11.5 Å². The Morgan fingerprint density at radius 1 is 0.633 bits per heavy atom. The van der Waals surface area contributed by atoms with Gasteiger partial charge in [-0.05, 0) is 74.5 Å². The highest BCUT2D eigenvalue weighted by atomic mass is 16.5. The SMILES string of the molecule is N=C(N)c1ccc(OCCCNCCNCCCOc2ccc(C(=N)N)cc2)cc1. The fourth-order valence-corrected chi connectivity index (χ4v) is 2.66. The summed E-state index contributed by atoms with van der Waals surface area (Å²) in [4.78, 5) is 0. The standard InChI is InChI=1S/C22H32N6O2/c23-21(24)17-3-7-19(8-4-17)29-15-1-11-27-13-14-28-12-2-16-30-20-9-5-18(6-10-20)22(25)26/h3-10,27-28H,1-2,11-16H2,(H3,23,24)(H3,25,26). The molecule has 0 aliphatic rings. The molecule has 0 radical (unpaired) electrons. The van der Waals surface area contributed by atoms with Gasteiger partial charge in [0.05, 0.1) is 13.2 Å². The van der Waals surface area contributed by atoms with Crippen LogP contribution in [-0.2, 0) is 0 Å². The molecule has 0 saturated heterocycles. The first-order valence-corrected chi connectivity index (χ1v) is 10.1. The molecule has 0 fully saturated rings. The van der Waals surface area contributed by atoms with E-state index in [2.05, 4.69) is 10.6 Å². The van der Waals surface area contributed by atoms with Crippen LogP contribution in [0.4, 0.5) is 0 Å². The van der Waals surface area contributed by atoms with E-state index in [-0.39, 0.29) is 11.7 Å². The van der Waals surface area contributed by atoms with Gasteiger partial charge in [-0.2, -0.15) is 0 Å². The van der Waals surface area contributed by atoms with Crippen LogP contribution in [0.2, 0.25) is 0 Å². The van der Waals surface area contributed by atoms with Crippen molar-refractivity contribution >= 4 is 11.7 Å². The molecule has 0 spiro atoms. The molecule has 30 heavy (non-hydrogen) atoms. The minimum atomic E-state index is 0.0623. The maximum Gasteiger partial charge on any atom is 0.122 e. The van der Waals surface area contributed by atoms with Crippen molar-refractivity contribution in [3.8, 4) is 11.5 Å². The normalized spacial score (nSPS) is 10.5. The first kappa shape index (κ1) is 23.2. The Kier molecular flexibility index (Phi) is 10.2. The maximum atomic E-state index is 7.36. The maximum absolute atomic E-state index is 7.36. The number of nitrogens with two attached hydrogens (primary N) is 2. The summed E-state index contributed by atoms with van der Waals surface area (Å²) in [7, 11) is 0. The molecule has 0 amide bonds. The molecule has 0 aliphatic heterocycles. The van der Waals surface area contributed by atoms with Gasteiger partial charge in [0.1, 0.15) is 23.2 Å². The number of hydrogen-bond acceptors (Lipinski definition) is 6. The van der Waals surface area contributed by atoms with Gasteiger partial charge in [0.2, 0.25) is 0 Å². The number of ether oxygens (including phenoxy) is 2. The van der Waals surface area contributed by atoms with Crippen LogP contribution >= 0.6 is 0 Å². The molecule has 2 aromatic carbocycles. The minimum absolute atomic E-state index is 0.0623. The summed E-state index contributed by atoms with van der Waals surface area (Å²) in [6.07, 6.45) is 1.84. The van der Waals surface area contributed by atoms with Crippen molar-refractivity contribution in [2.75, 3.05) is 39.4 Å². The van der Waals surface area contributed by atoms with Crippen LogP contribution in [0.5, 0.6) is 11.5 Å². The summed E-state index contributed by atoms with van der Waals surface area (Å²) in [6, 6.07) is 14.5. The number of hydrogen-bond donors (Lipinski definition) is 6. The van der Waals surface area contributed by atoms with Crippen molar-refractivity contribution in [3.63, 3.8) is 0 Å². The average Bonchev–Trinajstić information content (AvgIpc) is 2.75. The smallest absolute Gasteiger partial charge is 0.122 e. The highest BCUT2D eigenvalue weighted by molar-refractivity contribution is 5.95. The fourth-order valence-electron chi connectivity index (χ4n) is 2.66. The van der Waals surface area contributed by atoms with E-state index < -0.39 is 0 Å². The van der Waals surface area contributed by atoms with Gasteiger partial charge in [-0.1, -0.05) is 0 Å². The van der Waals surface area contributed by atoms with E-state index in [1.165, 1.54) is 0 Å². The molecule has 0 heterocycles. The molecular formula is C22H32N6O2. The molecule has 162 valence electrons.